The van der Waals surface area contributed by atoms with Gasteiger partial charge in [0.05, 0.1) is 18.2 Å². The molecule has 2 aliphatic rings. The number of carbonyl (C=O) groups excluding carboxylic acids is 1. The summed E-state index contributed by atoms with van der Waals surface area (Å²) in [4.78, 5) is 35.1. The molecule has 1 atom stereocenters. The number of amides is 1. The lowest BCUT2D eigenvalue weighted by Gasteiger charge is -2.26. The van der Waals surface area contributed by atoms with Crippen LogP contribution in [0.25, 0.3) is 0 Å². The van der Waals surface area contributed by atoms with Crippen molar-refractivity contribution < 1.29 is 50.9 Å². The van der Waals surface area contributed by atoms with Crippen LogP contribution in [0.5, 0.6) is 0 Å². The molecule has 0 aromatic carbocycles. The van der Waals surface area contributed by atoms with Crippen molar-refractivity contribution in [2.45, 2.75) is 44.8 Å². The van der Waals surface area contributed by atoms with E-state index in [-0.39, 0.29) is 5.92 Å². The molecule has 4 rings (SSSR count). The fraction of sp³-hybridized carbons (Fsp3) is 0.524. The number of hydrogen-bond acceptors (Lipinski definition) is 6. The minimum atomic E-state index is -5.08. The molecule has 16 heteroatoms. The number of aliphatic carboxylic acids is 2. The second-order valence-corrected chi connectivity index (χ2v) is 8.92. The van der Waals surface area contributed by atoms with E-state index in [4.69, 9.17) is 19.8 Å². The molecular formula is C21H24F6N4O5S. The zero-order valence-corrected chi connectivity index (χ0v) is 20.0. The first-order chi connectivity index (χ1) is 17.2. The third kappa shape index (κ3) is 9.68. The molecule has 2 aromatic heterocycles. The first-order valence-corrected chi connectivity index (χ1v) is 11.8. The number of nitrogens with zero attached hydrogens (tertiary/aromatic N) is 4. The molecule has 0 saturated carbocycles. The van der Waals surface area contributed by atoms with Gasteiger partial charge in [0, 0.05) is 38.9 Å². The molecule has 1 saturated heterocycles. The van der Waals surface area contributed by atoms with Crippen molar-refractivity contribution >= 4 is 29.2 Å². The molecular weight excluding hydrogens is 534 g/mol. The highest BCUT2D eigenvalue weighted by atomic mass is 32.1. The van der Waals surface area contributed by atoms with Gasteiger partial charge in [-0.15, -0.1) is 0 Å². The van der Waals surface area contributed by atoms with Gasteiger partial charge >= 0.3 is 24.3 Å². The van der Waals surface area contributed by atoms with E-state index in [0.717, 1.165) is 45.6 Å². The van der Waals surface area contributed by atoms with Gasteiger partial charge in [-0.05, 0) is 41.3 Å². The van der Waals surface area contributed by atoms with Gasteiger partial charge < -0.3 is 15.1 Å². The summed E-state index contributed by atoms with van der Waals surface area (Å²) in [6.45, 7) is 5.13. The summed E-state index contributed by atoms with van der Waals surface area (Å²) in [5, 5.41) is 23.0. The van der Waals surface area contributed by atoms with Crippen molar-refractivity contribution in [1.82, 2.24) is 19.6 Å². The fourth-order valence-corrected chi connectivity index (χ4v) is 4.30. The van der Waals surface area contributed by atoms with Gasteiger partial charge in [-0.25, -0.2) is 9.59 Å². The van der Waals surface area contributed by atoms with Crippen molar-refractivity contribution in [3.63, 3.8) is 0 Å². The average molecular weight is 559 g/mol. The van der Waals surface area contributed by atoms with E-state index in [1.165, 1.54) is 11.3 Å². The van der Waals surface area contributed by atoms with Gasteiger partial charge in [-0.2, -0.15) is 42.8 Å². The van der Waals surface area contributed by atoms with E-state index < -0.39 is 24.3 Å². The summed E-state index contributed by atoms with van der Waals surface area (Å²) in [6, 6.07) is 4.24. The summed E-state index contributed by atoms with van der Waals surface area (Å²) in [6.07, 6.45) is -6.03. The number of carbonyl (C=O) groups is 3. The quantitative estimate of drug-likeness (QED) is 0.555. The van der Waals surface area contributed by atoms with Crippen LogP contribution in [0.4, 0.5) is 26.3 Å². The molecule has 9 nitrogen and oxygen atoms in total. The molecule has 0 spiro atoms. The third-order valence-electron chi connectivity index (χ3n) is 5.30. The maximum Gasteiger partial charge on any atom is 0.490 e. The highest BCUT2D eigenvalue weighted by Crippen LogP contribution is 2.22. The smallest absolute Gasteiger partial charge is 0.475 e. The van der Waals surface area contributed by atoms with Crippen LogP contribution in [-0.2, 0) is 34.0 Å². The van der Waals surface area contributed by atoms with Gasteiger partial charge in [-0.1, -0.05) is 0 Å². The summed E-state index contributed by atoms with van der Waals surface area (Å²) in [5.41, 5.74) is 2.53. The summed E-state index contributed by atoms with van der Waals surface area (Å²) >= 11 is 1.73. The average Bonchev–Trinajstić information content (AvgIpc) is 3.55. The van der Waals surface area contributed by atoms with Crippen molar-refractivity contribution in [2.75, 3.05) is 19.6 Å². The number of hydrogen-bond donors (Lipinski definition) is 2. The van der Waals surface area contributed by atoms with E-state index in [2.05, 4.69) is 32.9 Å². The normalized spacial score (nSPS) is 18.0. The van der Waals surface area contributed by atoms with E-state index in [1.807, 2.05) is 15.8 Å². The molecule has 2 N–H and O–H groups in total. The van der Waals surface area contributed by atoms with Crippen LogP contribution >= 0.6 is 11.3 Å². The van der Waals surface area contributed by atoms with Crippen LogP contribution in [0.1, 0.15) is 24.1 Å². The lowest BCUT2D eigenvalue weighted by Crippen LogP contribution is -2.40. The topological polar surface area (TPSA) is 116 Å². The van der Waals surface area contributed by atoms with Crippen LogP contribution in [-0.4, -0.2) is 79.6 Å². The molecule has 1 unspecified atom stereocenters. The lowest BCUT2D eigenvalue weighted by atomic mass is 10.1. The first-order valence-electron chi connectivity index (χ1n) is 10.8. The monoisotopic (exact) mass is 558 g/mol. The Morgan fingerprint density at radius 1 is 0.973 bits per heavy atom. The Morgan fingerprint density at radius 2 is 1.54 bits per heavy atom. The van der Waals surface area contributed by atoms with Crippen LogP contribution in [0.15, 0.2) is 29.1 Å². The largest absolute Gasteiger partial charge is 0.490 e. The fourth-order valence-electron chi connectivity index (χ4n) is 3.64. The number of aromatic nitrogens is 2. The highest BCUT2D eigenvalue weighted by molar-refractivity contribution is 7.07. The molecule has 1 fully saturated rings. The maximum atomic E-state index is 12.9. The van der Waals surface area contributed by atoms with Gasteiger partial charge in [0.15, 0.2) is 0 Å². The Hall–Kier alpha value is -3.14. The Balaban J connectivity index is 0.000000286. The second kappa shape index (κ2) is 12.9. The van der Waals surface area contributed by atoms with Crippen molar-refractivity contribution in [3.05, 3.63) is 40.3 Å². The summed E-state index contributed by atoms with van der Waals surface area (Å²) in [5.74, 6) is -5.20. The lowest BCUT2D eigenvalue weighted by molar-refractivity contribution is -0.193. The zero-order chi connectivity index (χ0) is 27.8. The molecule has 0 bridgehead atoms. The number of alkyl halides is 6. The van der Waals surface area contributed by atoms with E-state index in [9.17, 15) is 31.1 Å². The van der Waals surface area contributed by atoms with Gasteiger partial charge in [-0.3, -0.25) is 14.4 Å². The van der Waals surface area contributed by atoms with Crippen LogP contribution in [0, 0.1) is 5.92 Å². The highest BCUT2D eigenvalue weighted by Gasteiger charge is 2.39. The summed E-state index contributed by atoms with van der Waals surface area (Å²) < 4.78 is 65.5. The summed E-state index contributed by atoms with van der Waals surface area (Å²) in [7, 11) is 0. The predicted octanol–water partition coefficient (Wildman–Crippen LogP) is 3.47. The predicted molar refractivity (Wildman–Crippen MR) is 117 cm³/mol. The SMILES string of the molecule is O=C(C1CN(Cc2ccsc2)Cc2ccnn2C1)N1CCCC1.O=C(O)C(F)(F)F.O=C(O)C(F)(F)F. The number of rotatable bonds is 3. The Kier molecular flexibility index (Phi) is 10.5. The molecule has 0 aliphatic carbocycles. The van der Waals surface area contributed by atoms with Gasteiger partial charge in [0.2, 0.25) is 5.91 Å². The number of carboxylic acids is 2. The molecule has 37 heavy (non-hydrogen) atoms. The Morgan fingerprint density at radius 3 is 2.03 bits per heavy atom. The van der Waals surface area contributed by atoms with Crippen molar-refractivity contribution in [1.29, 1.82) is 0 Å². The molecule has 206 valence electrons. The first kappa shape index (κ1) is 30.1. The van der Waals surface area contributed by atoms with Crippen LogP contribution in [0.2, 0.25) is 0 Å². The molecule has 2 aliphatic heterocycles. The molecule has 1 amide bonds. The molecule has 4 heterocycles. The van der Waals surface area contributed by atoms with E-state index >= 15 is 0 Å². The molecule has 0 radical (unpaired) electrons. The maximum absolute atomic E-state index is 12.9. The van der Waals surface area contributed by atoms with E-state index in [0.29, 0.717) is 12.5 Å². The zero-order valence-electron chi connectivity index (χ0n) is 19.2. The second-order valence-electron chi connectivity index (χ2n) is 8.14. The van der Waals surface area contributed by atoms with Crippen molar-refractivity contribution in [2.24, 2.45) is 5.92 Å². The van der Waals surface area contributed by atoms with Crippen molar-refractivity contribution in [3.8, 4) is 0 Å². The van der Waals surface area contributed by atoms with Crippen LogP contribution < -0.4 is 0 Å². The number of halogens is 6. The number of thiophene rings is 1. The van der Waals surface area contributed by atoms with Crippen LogP contribution in [0.3, 0.4) is 0 Å². The van der Waals surface area contributed by atoms with E-state index in [1.54, 1.807) is 11.3 Å². The van der Waals surface area contributed by atoms with Gasteiger partial charge in [0.25, 0.3) is 0 Å². The third-order valence-corrected chi connectivity index (χ3v) is 6.03. The minimum absolute atomic E-state index is 0.00730. The molecule has 2 aromatic rings. The Labute approximate surface area is 210 Å². The minimum Gasteiger partial charge on any atom is -0.475 e. The van der Waals surface area contributed by atoms with Gasteiger partial charge in [0.1, 0.15) is 0 Å². The standard InChI is InChI=1S/C17H22N4OS.2C2HF3O2/c22-17(20-6-1-2-7-20)15-10-19(9-14-4-8-23-13-14)12-16-3-5-18-21(16)11-15;2*3-2(4,5)1(6)7/h3-5,8,13,15H,1-2,6-7,9-12H2;2*(H,6,7). The number of likely N-dealkylation sites (tertiary alicyclic amines) is 1. The number of fused-ring (bicyclic) bond motifs is 1. The Bertz CT molecular complexity index is 1010. The number of carboxylic acid groups (broad SMARTS) is 2.